The van der Waals surface area contributed by atoms with Crippen LogP contribution in [0.3, 0.4) is 0 Å². The fourth-order valence-electron chi connectivity index (χ4n) is 3.58. The van der Waals surface area contributed by atoms with Crippen LogP contribution >= 0.6 is 11.3 Å². The molecule has 1 aromatic heterocycles. The van der Waals surface area contributed by atoms with E-state index in [4.69, 9.17) is 4.74 Å². The monoisotopic (exact) mass is 379 g/mol. The number of nitrogens with zero attached hydrogens (tertiary/aromatic N) is 2. The van der Waals surface area contributed by atoms with Crippen molar-refractivity contribution in [3.63, 3.8) is 0 Å². The Labute approximate surface area is 159 Å². The molecule has 1 fully saturated rings. The summed E-state index contributed by atoms with van der Waals surface area (Å²) in [5.41, 5.74) is 0.795. The van der Waals surface area contributed by atoms with E-state index < -0.39 is 5.60 Å². The average Bonchev–Trinajstić information content (AvgIpc) is 3.03. The van der Waals surface area contributed by atoms with Crippen molar-refractivity contribution in [2.75, 3.05) is 19.6 Å². The van der Waals surface area contributed by atoms with Gasteiger partial charge in [0.1, 0.15) is 5.60 Å². The summed E-state index contributed by atoms with van der Waals surface area (Å²) >= 11 is 1.78. The van der Waals surface area contributed by atoms with Crippen molar-refractivity contribution in [3.05, 3.63) is 21.9 Å². The highest BCUT2D eigenvalue weighted by Crippen LogP contribution is 2.32. The van der Waals surface area contributed by atoms with Crippen LogP contribution in [0.5, 0.6) is 0 Å². The summed E-state index contributed by atoms with van der Waals surface area (Å²) in [7, 11) is 0. The lowest BCUT2D eigenvalue weighted by Crippen LogP contribution is -2.52. The molecule has 1 aromatic rings. The SMILES string of the molecule is C[C@H]1c2ccsc2CCN1C(=O)NC1CCN(C(=O)OC(C)(C)C)CC1. The van der Waals surface area contributed by atoms with E-state index in [0.717, 1.165) is 25.8 Å². The second-order valence-electron chi connectivity index (χ2n) is 8.11. The fourth-order valence-corrected chi connectivity index (χ4v) is 4.54. The summed E-state index contributed by atoms with van der Waals surface area (Å²) in [6, 6.07) is 2.36. The van der Waals surface area contributed by atoms with Gasteiger partial charge in [-0.05, 0) is 64.0 Å². The minimum atomic E-state index is -0.479. The molecule has 0 bridgehead atoms. The summed E-state index contributed by atoms with van der Waals surface area (Å²) < 4.78 is 5.42. The Morgan fingerprint density at radius 2 is 1.92 bits per heavy atom. The molecular formula is C19H29N3O3S. The van der Waals surface area contributed by atoms with E-state index in [1.54, 1.807) is 16.2 Å². The lowest BCUT2D eigenvalue weighted by molar-refractivity contribution is 0.0200. The predicted octanol–water partition coefficient (Wildman–Crippen LogP) is 3.78. The third kappa shape index (κ3) is 4.31. The Bertz CT molecular complexity index is 659. The van der Waals surface area contributed by atoms with Crippen LogP contribution in [0.4, 0.5) is 9.59 Å². The van der Waals surface area contributed by atoms with Crippen LogP contribution in [0.25, 0.3) is 0 Å². The molecule has 26 heavy (non-hydrogen) atoms. The van der Waals surface area contributed by atoms with E-state index >= 15 is 0 Å². The quantitative estimate of drug-likeness (QED) is 0.808. The van der Waals surface area contributed by atoms with Gasteiger partial charge in [0, 0.05) is 30.6 Å². The van der Waals surface area contributed by atoms with Crippen LogP contribution in [0.15, 0.2) is 11.4 Å². The number of likely N-dealkylation sites (tertiary alicyclic amines) is 1. The number of piperidine rings is 1. The topological polar surface area (TPSA) is 61.9 Å². The Hall–Kier alpha value is -1.76. The number of fused-ring (bicyclic) bond motifs is 1. The van der Waals surface area contributed by atoms with Crippen molar-refractivity contribution in [1.29, 1.82) is 0 Å². The lowest BCUT2D eigenvalue weighted by atomic mass is 10.0. The van der Waals surface area contributed by atoms with E-state index in [1.165, 1.54) is 10.4 Å². The maximum absolute atomic E-state index is 12.7. The predicted molar refractivity (Wildman–Crippen MR) is 103 cm³/mol. The number of carbonyl (C=O) groups excluding carboxylic acids is 2. The van der Waals surface area contributed by atoms with Crippen molar-refractivity contribution in [2.45, 2.75) is 64.6 Å². The maximum Gasteiger partial charge on any atom is 0.410 e. The first kappa shape index (κ1) is 19.0. The van der Waals surface area contributed by atoms with Crippen molar-refractivity contribution in [3.8, 4) is 0 Å². The summed E-state index contributed by atoms with van der Waals surface area (Å²) in [5.74, 6) is 0. The number of nitrogens with one attached hydrogen (secondary N) is 1. The molecule has 0 spiro atoms. The Kier molecular flexibility index (Phi) is 5.46. The van der Waals surface area contributed by atoms with Crippen molar-refractivity contribution in [1.82, 2.24) is 15.1 Å². The number of hydrogen-bond donors (Lipinski definition) is 1. The normalized spacial score (nSPS) is 21.3. The van der Waals surface area contributed by atoms with Gasteiger partial charge in [0.15, 0.2) is 0 Å². The molecule has 144 valence electrons. The molecule has 0 saturated carbocycles. The molecule has 3 heterocycles. The molecule has 0 aromatic carbocycles. The molecule has 7 heteroatoms. The lowest BCUT2D eigenvalue weighted by Gasteiger charge is -2.37. The van der Waals surface area contributed by atoms with Gasteiger partial charge < -0.3 is 19.9 Å². The van der Waals surface area contributed by atoms with Gasteiger partial charge in [-0.1, -0.05) is 0 Å². The maximum atomic E-state index is 12.7. The van der Waals surface area contributed by atoms with Gasteiger partial charge in [0.05, 0.1) is 6.04 Å². The van der Waals surface area contributed by atoms with Gasteiger partial charge in [-0.3, -0.25) is 0 Å². The molecule has 2 aliphatic rings. The molecule has 1 saturated heterocycles. The largest absolute Gasteiger partial charge is 0.444 e. The number of ether oxygens (including phenoxy) is 1. The minimum Gasteiger partial charge on any atom is -0.444 e. The Morgan fingerprint density at radius 3 is 2.58 bits per heavy atom. The van der Waals surface area contributed by atoms with Crippen LogP contribution in [0.1, 0.15) is 57.0 Å². The smallest absolute Gasteiger partial charge is 0.410 e. The Morgan fingerprint density at radius 1 is 1.23 bits per heavy atom. The highest BCUT2D eigenvalue weighted by atomic mass is 32.1. The first-order valence-corrected chi connectivity index (χ1v) is 10.2. The second-order valence-corrected chi connectivity index (χ2v) is 9.11. The molecule has 6 nitrogen and oxygen atoms in total. The van der Waals surface area contributed by atoms with Crippen LogP contribution in [0.2, 0.25) is 0 Å². The van der Waals surface area contributed by atoms with Gasteiger partial charge in [-0.2, -0.15) is 0 Å². The van der Waals surface area contributed by atoms with E-state index in [0.29, 0.717) is 13.1 Å². The van der Waals surface area contributed by atoms with E-state index in [2.05, 4.69) is 23.7 Å². The molecular weight excluding hydrogens is 350 g/mol. The van der Waals surface area contributed by atoms with Gasteiger partial charge >= 0.3 is 12.1 Å². The fraction of sp³-hybridized carbons (Fsp3) is 0.684. The first-order chi connectivity index (χ1) is 12.2. The van der Waals surface area contributed by atoms with E-state index in [1.807, 2.05) is 25.7 Å². The summed E-state index contributed by atoms with van der Waals surface area (Å²) in [6.45, 7) is 9.70. The zero-order valence-corrected chi connectivity index (χ0v) is 16.9. The second kappa shape index (κ2) is 7.47. The van der Waals surface area contributed by atoms with E-state index in [9.17, 15) is 9.59 Å². The summed E-state index contributed by atoms with van der Waals surface area (Å²) in [6.07, 6.45) is 2.19. The van der Waals surface area contributed by atoms with Crippen molar-refractivity contribution >= 4 is 23.5 Å². The van der Waals surface area contributed by atoms with Gasteiger partial charge in [0.25, 0.3) is 0 Å². The summed E-state index contributed by atoms with van der Waals surface area (Å²) in [5, 5.41) is 5.27. The molecule has 3 rings (SSSR count). The highest BCUT2D eigenvalue weighted by molar-refractivity contribution is 7.10. The summed E-state index contributed by atoms with van der Waals surface area (Å²) in [4.78, 5) is 29.9. The third-order valence-corrected chi connectivity index (χ3v) is 6.01. The zero-order chi connectivity index (χ0) is 18.9. The average molecular weight is 380 g/mol. The highest BCUT2D eigenvalue weighted by Gasteiger charge is 2.31. The number of amides is 3. The Balaban J connectivity index is 1.49. The molecule has 0 radical (unpaired) electrons. The molecule has 0 unspecified atom stereocenters. The number of carbonyl (C=O) groups is 2. The molecule has 1 N–H and O–H groups in total. The van der Waals surface area contributed by atoms with E-state index in [-0.39, 0.29) is 24.2 Å². The number of urea groups is 1. The number of thiophene rings is 1. The van der Waals surface area contributed by atoms with Gasteiger partial charge in [-0.25, -0.2) is 9.59 Å². The molecule has 3 amide bonds. The molecule has 1 atom stereocenters. The third-order valence-electron chi connectivity index (χ3n) is 5.01. The minimum absolute atomic E-state index is 0.00469. The van der Waals surface area contributed by atoms with Crippen LogP contribution < -0.4 is 5.32 Å². The number of rotatable bonds is 1. The number of hydrogen-bond acceptors (Lipinski definition) is 4. The van der Waals surface area contributed by atoms with Crippen LogP contribution in [0, 0.1) is 0 Å². The van der Waals surface area contributed by atoms with Gasteiger partial charge in [0.2, 0.25) is 0 Å². The molecule has 0 aliphatic carbocycles. The standard InChI is InChI=1S/C19H29N3O3S/c1-13-15-8-12-26-16(15)7-11-22(13)17(23)20-14-5-9-21(10-6-14)18(24)25-19(2,3)4/h8,12-14H,5-7,9-11H2,1-4H3,(H,20,23)/t13-/m0/s1. The van der Waals surface area contributed by atoms with Crippen LogP contribution in [-0.2, 0) is 11.2 Å². The zero-order valence-electron chi connectivity index (χ0n) is 16.1. The van der Waals surface area contributed by atoms with Gasteiger partial charge in [-0.15, -0.1) is 11.3 Å². The van der Waals surface area contributed by atoms with Crippen molar-refractivity contribution < 1.29 is 14.3 Å². The molecule has 2 aliphatic heterocycles. The van der Waals surface area contributed by atoms with Crippen molar-refractivity contribution in [2.24, 2.45) is 0 Å². The van der Waals surface area contributed by atoms with Crippen LogP contribution in [-0.4, -0.2) is 53.2 Å². The first-order valence-electron chi connectivity index (χ1n) is 9.36.